The number of allylic oxidation sites excluding steroid dienone is 4. The molecule has 7 nitrogen and oxygen atoms in total. The first-order valence-electron chi connectivity index (χ1n) is 8.17. The molecule has 1 aliphatic rings. The molecule has 3 N–H and O–H groups in total. The largest absolute Gasteiger partial charge is 0.382 e. The smallest absolute Gasteiger partial charge is 0.207 e. The fourth-order valence-corrected chi connectivity index (χ4v) is 4.21. The predicted molar refractivity (Wildman–Crippen MR) is 113 cm³/mol. The molecule has 1 aliphatic carbocycles. The van der Waals surface area contributed by atoms with Crippen LogP contribution in [-0.2, 0) is 11.3 Å². The van der Waals surface area contributed by atoms with Crippen molar-refractivity contribution in [3.8, 4) is 0 Å². The Morgan fingerprint density at radius 3 is 3.08 bits per heavy atom. The van der Waals surface area contributed by atoms with E-state index in [1.807, 2.05) is 4.57 Å². The summed E-state index contributed by atoms with van der Waals surface area (Å²) in [5.74, 6) is 0.339. The minimum atomic E-state index is 0.339. The fraction of sp³-hybridized carbons (Fsp3) is 0.294. The van der Waals surface area contributed by atoms with Crippen molar-refractivity contribution in [2.45, 2.75) is 31.0 Å². The van der Waals surface area contributed by atoms with Crippen molar-refractivity contribution in [2.75, 3.05) is 12.3 Å². The summed E-state index contributed by atoms with van der Waals surface area (Å²) in [4.78, 5) is 24.4. The Bertz CT molecular complexity index is 904. The highest BCUT2D eigenvalue weighted by Crippen LogP contribution is 2.36. The van der Waals surface area contributed by atoms with Crippen LogP contribution >= 0.6 is 34.4 Å². The molecule has 2 aromatic heterocycles. The number of amides is 1. The van der Waals surface area contributed by atoms with Gasteiger partial charge in [0.1, 0.15) is 6.33 Å². The summed E-state index contributed by atoms with van der Waals surface area (Å²) < 4.78 is 3.02. The Morgan fingerprint density at radius 2 is 2.35 bits per heavy atom. The van der Waals surface area contributed by atoms with Crippen LogP contribution in [0.2, 0.25) is 0 Å². The molecule has 136 valence electrons. The van der Waals surface area contributed by atoms with E-state index in [1.54, 1.807) is 0 Å². The van der Waals surface area contributed by atoms with Crippen LogP contribution in [0.3, 0.4) is 0 Å². The van der Waals surface area contributed by atoms with E-state index >= 15 is 0 Å². The lowest BCUT2D eigenvalue weighted by molar-refractivity contribution is -0.109. The number of hydrogen-bond acceptors (Lipinski definition) is 6. The second-order valence-corrected chi connectivity index (χ2v) is 7.96. The van der Waals surface area contributed by atoms with Crippen molar-refractivity contribution in [1.82, 2.24) is 24.8 Å². The molecule has 0 spiro atoms. The first kappa shape index (κ1) is 18.9. The summed E-state index contributed by atoms with van der Waals surface area (Å²) in [5, 5.41) is 3.39. The number of nitrogens with one attached hydrogen (secondary N) is 1. The normalized spacial score (nSPS) is 14.5. The van der Waals surface area contributed by atoms with E-state index < -0.39 is 0 Å². The minimum absolute atomic E-state index is 0.339. The van der Waals surface area contributed by atoms with Crippen LogP contribution in [0.5, 0.6) is 0 Å². The molecular weight excluding hydrogens is 463 g/mol. The number of aromatic nitrogens is 4. The van der Waals surface area contributed by atoms with E-state index in [0.717, 1.165) is 26.5 Å². The number of carbonyl (C=O) groups is 1. The number of halogens is 1. The molecule has 0 atom stereocenters. The number of rotatable bonds is 8. The Hall–Kier alpha value is -1.88. The highest BCUT2D eigenvalue weighted by Gasteiger charge is 2.17. The molecule has 0 unspecified atom stereocenters. The lowest BCUT2D eigenvalue weighted by atomic mass is 10.2. The van der Waals surface area contributed by atoms with Gasteiger partial charge in [-0.05, 0) is 47.9 Å². The van der Waals surface area contributed by atoms with Crippen molar-refractivity contribution in [2.24, 2.45) is 0 Å². The number of imidazole rings is 1. The standard InChI is InChI=1S/C17H19IN6OS/c1-11(13(18)8-12-4-2-3-5-12)26-17-23-14-15(19)21-9-22-16(14)24(17)7-6-20-10-25/h4,8-10H,1-3,5-7H2,(H,20,25)(H2,19,21,22)/b13-8+. The molecule has 0 saturated heterocycles. The third-order valence-electron chi connectivity index (χ3n) is 3.96. The molecule has 0 aliphatic heterocycles. The van der Waals surface area contributed by atoms with Crippen molar-refractivity contribution >= 4 is 57.7 Å². The van der Waals surface area contributed by atoms with Gasteiger partial charge in [0.05, 0.1) is 0 Å². The van der Waals surface area contributed by atoms with Crippen LogP contribution in [0.15, 0.2) is 44.3 Å². The lowest BCUT2D eigenvalue weighted by Crippen LogP contribution is -2.18. The summed E-state index contributed by atoms with van der Waals surface area (Å²) in [6.07, 6.45) is 10.0. The van der Waals surface area contributed by atoms with Crippen LogP contribution in [0.4, 0.5) is 5.82 Å². The molecule has 0 bridgehead atoms. The van der Waals surface area contributed by atoms with Gasteiger partial charge in [-0.1, -0.05) is 30.0 Å². The zero-order valence-electron chi connectivity index (χ0n) is 14.1. The summed E-state index contributed by atoms with van der Waals surface area (Å²) in [6.45, 7) is 5.20. The van der Waals surface area contributed by atoms with Gasteiger partial charge in [-0.2, -0.15) is 0 Å². The Morgan fingerprint density at radius 1 is 1.50 bits per heavy atom. The van der Waals surface area contributed by atoms with Crippen LogP contribution in [0.25, 0.3) is 11.2 Å². The topological polar surface area (TPSA) is 98.7 Å². The van der Waals surface area contributed by atoms with E-state index in [1.165, 1.54) is 30.1 Å². The Labute approximate surface area is 169 Å². The van der Waals surface area contributed by atoms with Crippen molar-refractivity contribution in [3.63, 3.8) is 0 Å². The molecule has 2 aromatic rings. The van der Waals surface area contributed by atoms with Crippen LogP contribution in [0, 0.1) is 0 Å². The minimum Gasteiger partial charge on any atom is -0.382 e. The average Bonchev–Trinajstić information content (AvgIpc) is 3.24. The van der Waals surface area contributed by atoms with Gasteiger partial charge < -0.3 is 15.6 Å². The molecule has 0 saturated carbocycles. The van der Waals surface area contributed by atoms with Gasteiger partial charge in [0, 0.05) is 21.6 Å². The molecule has 3 rings (SSSR count). The molecule has 9 heteroatoms. The first-order chi connectivity index (χ1) is 12.6. The zero-order chi connectivity index (χ0) is 18.5. The van der Waals surface area contributed by atoms with Gasteiger partial charge in [0.15, 0.2) is 22.1 Å². The lowest BCUT2D eigenvalue weighted by Gasteiger charge is -2.09. The van der Waals surface area contributed by atoms with Gasteiger partial charge >= 0.3 is 0 Å². The maximum atomic E-state index is 10.6. The number of nitrogens with zero attached hydrogens (tertiary/aromatic N) is 4. The van der Waals surface area contributed by atoms with Gasteiger partial charge in [0.2, 0.25) is 6.41 Å². The van der Waals surface area contributed by atoms with Crippen LogP contribution < -0.4 is 11.1 Å². The zero-order valence-corrected chi connectivity index (χ0v) is 17.1. The highest BCUT2D eigenvalue weighted by molar-refractivity contribution is 14.1. The second-order valence-electron chi connectivity index (χ2n) is 5.74. The quantitative estimate of drug-likeness (QED) is 0.197. The predicted octanol–water partition coefficient (Wildman–Crippen LogP) is 3.19. The number of fused-ring (bicyclic) bond motifs is 1. The molecule has 0 aromatic carbocycles. The van der Waals surface area contributed by atoms with Gasteiger partial charge in [-0.25, -0.2) is 15.0 Å². The van der Waals surface area contributed by atoms with Crippen molar-refractivity contribution in [1.29, 1.82) is 0 Å². The van der Waals surface area contributed by atoms with E-state index in [-0.39, 0.29) is 0 Å². The molecule has 0 radical (unpaired) electrons. The van der Waals surface area contributed by atoms with Crippen LogP contribution in [0.1, 0.15) is 19.3 Å². The highest BCUT2D eigenvalue weighted by atomic mass is 127. The van der Waals surface area contributed by atoms with E-state index in [4.69, 9.17) is 5.73 Å². The SMILES string of the molecule is C=C(Sc1nc2c(N)ncnc2n1CCNC=O)/C(I)=C\C1=CCCC1. The molecule has 1 amide bonds. The number of anilines is 1. The molecule has 26 heavy (non-hydrogen) atoms. The maximum absolute atomic E-state index is 10.6. The number of nitrogen functional groups attached to an aromatic ring is 1. The summed E-state index contributed by atoms with van der Waals surface area (Å²) >= 11 is 3.78. The van der Waals surface area contributed by atoms with Gasteiger partial charge in [0.25, 0.3) is 0 Å². The fourth-order valence-electron chi connectivity index (χ4n) is 2.68. The average molecular weight is 482 g/mol. The Kier molecular flexibility index (Phi) is 6.30. The summed E-state index contributed by atoms with van der Waals surface area (Å²) in [5.41, 5.74) is 8.51. The number of nitrogens with two attached hydrogens (primary N) is 1. The van der Waals surface area contributed by atoms with Crippen molar-refractivity contribution in [3.05, 3.63) is 39.1 Å². The van der Waals surface area contributed by atoms with E-state index in [0.29, 0.717) is 36.5 Å². The summed E-state index contributed by atoms with van der Waals surface area (Å²) in [6, 6.07) is 0. The number of carbonyl (C=O) groups excluding carboxylic acids is 1. The molecule has 2 heterocycles. The van der Waals surface area contributed by atoms with E-state index in [2.05, 4.69) is 61.6 Å². The number of hydrogen-bond donors (Lipinski definition) is 2. The monoisotopic (exact) mass is 482 g/mol. The second kappa shape index (κ2) is 8.67. The first-order valence-corrected chi connectivity index (χ1v) is 10.1. The molecule has 0 fully saturated rings. The van der Waals surface area contributed by atoms with Crippen molar-refractivity contribution < 1.29 is 4.79 Å². The van der Waals surface area contributed by atoms with Gasteiger partial charge in [-0.15, -0.1) is 0 Å². The van der Waals surface area contributed by atoms with E-state index in [9.17, 15) is 4.79 Å². The maximum Gasteiger partial charge on any atom is 0.207 e. The Balaban J connectivity index is 1.88. The van der Waals surface area contributed by atoms with Gasteiger partial charge in [-0.3, -0.25) is 4.79 Å². The molecular formula is C17H19IN6OS. The number of thioether (sulfide) groups is 1. The third kappa shape index (κ3) is 4.26. The third-order valence-corrected chi connectivity index (χ3v) is 6.25. The van der Waals surface area contributed by atoms with Crippen LogP contribution in [-0.4, -0.2) is 32.5 Å². The summed E-state index contributed by atoms with van der Waals surface area (Å²) in [7, 11) is 0.